The van der Waals surface area contributed by atoms with Crippen LogP contribution in [0.5, 0.6) is 0 Å². The van der Waals surface area contributed by atoms with E-state index in [1.807, 2.05) is 0 Å². The van der Waals surface area contributed by atoms with Crippen LogP contribution in [0.25, 0.3) is 0 Å². The number of hydrogen-bond donors (Lipinski definition) is 1. The summed E-state index contributed by atoms with van der Waals surface area (Å²) in [6.45, 7) is 4.41. The minimum absolute atomic E-state index is 0.266. The summed E-state index contributed by atoms with van der Waals surface area (Å²) in [5.41, 5.74) is 10.4. The molecule has 1 nitrogen and oxygen atoms in total. The predicted molar refractivity (Wildman–Crippen MR) is 65.1 cm³/mol. The van der Waals surface area contributed by atoms with Crippen molar-refractivity contribution < 1.29 is 0 Å². The smallest absolute Gasteiger partial charge is 0.00509 e. The monoisotopic (exact) mass is 203 g/mol. The van der Waals surface area contributed by atoms with Crippen molar-refractivity contribution in [3.05, 3.63) is 34.9 Å². The molecule has 0 fully saturated rings. The third-order valence-electron chi connectivity index (χ3n) is 3.38. The van der Waals surface area contributed by atoms with Gasteiger partial charge in [0.15, 0.2) is 0 Å². The second-order valence-electron chi connectivity index (χ2n) is 5.01. The molecule has 2 atom stereocenters. The average molecular weight is 203 g/mol. The molecule has 1 aliphatic carbocycles. The third-order valence-corrected chi connectivity index (χ3v) is 3.38. The molecular weight excluding hydrogens is 182 g/mol. The molecular formula is C14H21N. The molecule has 82 valence electrons. The quantitative estimate of drug-likeness (QED) is 0.785. The van der Waals surface area contributed by atoms with Gasteiger partial charge in [0, 0.05) is 6.04 Å². The summed E-state index contributed by atoms with van der Waals surface area (Å²) in [6.07, 6.45) is 4.95. The van der Waals surface area contributed by atoms with E-state index in [-0.39, 0.29) is 6.04 Å². The first kappa shape index (κ1) is 10.7. The second kappa shape index (κ2) is 4.36. The molecule has 0 bridgehead atoms. The molecule has 0 radical (unpaired) electrons. The Bertz CT molecular complexity index is 341. The molecule has 0 amide bonds. The average Bonchev–Trinajstić information content (AvgIpc) is 2.18. The SMILES string of the molecule is CC(N)Cc1ccc2c(c1)C(C)CCC2. The predicted octanol–water partition coefficient (Wildman–Crippen LogP) is 3.02. The van der Waals surface area contributed by atoms with E-state index in [4.69, 9.17) is 5.73 Å². The Labute approximate surface area is 92.7 Å². The Morgan fingerprint density at radius 3 is 3.00 bits per heavy atom. The fraction of sp³-hybridized carbons (Fsp3) is 0.571. The van der Waals surface area contributed by atoms with Crippen LogP contribution >= 0.6 is 0 Å². The molecule has 0 saturated heterocycles. The summed E-state index contributed by atoms with van der Waals surface area (Å²) in [5.74, 6) is 0.738. The van der Waals surface area contributed by atoms with Gasteiger partial charge < -0.3 is 5.73 Å². The van der Waals surface area contributed by atoms with Crippen LogP contribution in [-0.4, -0.2) is 6.04 Å². The first-order valence-corrected chi connectivity index (χ1v) is 6.04. The standard InChI is InChI=1S/C14H21N/c1-10-4-3-5-13-7-6-12(8-11(2)15)9-14(10)13/h6-7,9-11H,3-5,8,15H2,1-2H3. The minimum atomic E-state index is 0.266. The molecule has 2 rings (SSSR count). The van der Waals surface area contributed by atoms with Crippen molar-refractivity contribution in [1.82, 2.24) is 0 Å². The van der Waals surface area contributed by atoms with Gasteiger partial charge >= 0.3 is 0 Å². The van der Waals surface area contributed by atoms with Gasteiger partial charge in [-0.05, 0) is 55.2 Å². The number of benzene rings is 1. The van der Waals surface area contributed by atoms with Crippen molar-refractivity contribution in [2.45, 2.75) is 51.5 Å². The maximum absolute atomic E-state index is 5.84. The number of hydrogen-bond acceptors (Lipinski definition) is 1. The summed E-state index contributed by atoms with van der Waals surface area (Å²) in [5, 5.41) is 0. The van der Waals surface area contributed by atoms with Crippen molar-refractivity contribution in [1.29, 1.82) is 0 Å². The largest absolute Gasteiger partial charge is 0.328 e. The summed E-state index contributed by atoms with van der Waals surface area (Å²) in [6, 6.07) is 7.20. The molecule has 1 aliphatic rings. The first-order chi connectivity index (χ1) is 7.16. The van der Waals surface area contributed by atoms with Crippen LogP contribution in [0.2, 0.25) is 0 Å². The normalized spacial score (nSPS) is 22.2. The van der Waals surface area contributed by atoms with E-state index in [2.05, 4.69) is 32.0 Å². The fourth-order valence-corrected chi connectivity index (χ4v) is 2.58. The molecule has 1 aromatic carbocycles. The van der Waals surface area contributed by atoms with Gasteiger partial charge in [0.25, 0.3) is 0 Å². The summed E-state index contributed by atoms with van der Waals surface area (Å²) >= 11 is 0. The van der Waals surface area contributed by atoms with Crippen molar-refractivity contribution in [2.75, 3.05) is 0 Å². The zero-order valence-corrected chi connectivity index (χ0v) is 9.79. The number of fused-ring (bicyclic) bond motifs is 1. The van der Waals surface area contributed by atoms with E-state index in [1.54, 1.807) is 11.1 Å². The lowest BCUT2D eigenvalue weighted by Gasteiger charge is -2.23. The number of aryl methyl sites for hydroxylation is 1. The van der Waals surface area contributed by atoms with E-state index < -0.39 is 0 Å². The zero-order valence-electron chi connectivity index (χ0n) is 9.79. The highest BCUT2D eigenvalue weighted by molar-refractivity contribution is 5.36. The highest BCUT2D eigenvalue weighted by atomic mass is 14.6. The second-order valence-corrected chi connectivity index (χ2v) is 5.01. The maximum atomic E-state index is 5.84. The Morgan fingerprint density at radius 1 is 1.47 bits per heavy atom. The molecule has 2 N–H and O–H groups in total. The summed E-state index contributed by atoms with van der Waals surface area (Å²) in [4.78, 5) is 0. The van der Waals surface area contributed by atoms with E-state index in [9.17, 15) is 0 Å². The minimum Gasteiger partial charge on any atom is -0.328 e. The first-order valence-electron chi connectivity index (χ1n) is 6.04. The van der Waals surface area contributed by atoms with Gasteiger partial charge in [-0.15, -0.1) is 0 Å². The lowest BCUT2D eigenvalue weighted by atomic mass is 9.82. The van der Waals surface area contributed by atoms with Gasteiger partial charge in [0.1, 0.15) is 0 Å². The highest BCUT2D eigenvalue weighted by Crippen LogP contribution is 2.31. The summed E-state index contributed by atoms with van der Waals surface area (Å²) < 4.78 is 0. The van der Waals surface area contributed by atoms with Crippen molar-refractivity contribution in [3.63, 3.8) is 0 Å². The van der Waals surface area contributed by atoms with Crippen LogP contribution in [0, 0.1) is 0 Å². The molecule has 1 heteroatoms. The third kappa shape index (κ3) is 2.40. The van der Waals surface area contributed by atoms with Crippen molar-refractivity contribution >= 4 is 0 Å². The lowest BCUT2D eigenvalue weighted by molar-refractivity contribution is 0.588. The maximum Gasteiger partial charge on any atom is 0.00509 e. The van der Waals surface area contributed by atoms with Crippen LogP contribution in [0.4, 0.5) is 0 Å². The lowest BCUT2D eigenvalue weighted by Crippen LogP contribution is -2.18. The molecule has 0 heterocycles. The molecule has 1 aromatic rings. The van der Waals surface area contributed by atoms with Gasteiger partial charge in [-0.3, -0.25) is 0 Å². The van der Waals surface area contributed by atoms with Crippen LogP contribution in [-0.2, 0) is 12.8 Å². The van der Waals surface area contributed by atoms with Crippen LogP contribution in [0.1, 0.15) is 49.3 Å². The van der Waals surface area contributed by atoms with Gasteiger partial charge in [0.05, 0.1) is 0 Å². The molecule has 0 aliphatic heterocycles. The number of rotatable bonds is 2. The van der Waals surface area contributed by atoms with E-state index in [0.29, 0.717) is 0 Å². The molecule has 0 aromatic heterocycles. The van der Waals surface area contributed by atoms with Gasteiger partial charge in [0.2, 0.25) is 0 Å². The van der Waals surface area contributed by atoms with E-state index >= 15 is 0 Å². The highest BCUT2D eigenvalue weighted by Gasteiger charge is 2.16. The Balaban J connectivity index is 2.27. The van der Waals surface area contributed by atoms with Crippen LogP contribution in [0.3, 0.4) is 0 Å². The van der Waals surface area contributed by atoms with Gasteiger partial charge in [-0.2, -0.15) is 0 Å². The van der Waals surface area contributed by atoms with Crippen molar-refractivity contribution in [2.24, 2.45) is 5.73 Å². The van der Waals surface area contributed by atoms with Gasteiger partial charge in [-0.1, -0.05) is 25.1 Å². The van der Waals surface area contributed by atoms with E-state index in [0.717, 1.165) is 12.3 Å². The van der Waals surface area contributed by atoms with E-state index in [1.165, 1.54) is 24.8 Å². The molecule has 2 unspecified atom stereocenters. The topological polar surface area (TPSA) is 26.0 Å². The fourth-order valence-electron chi connectivity index (χ4n) is 2.58. The Kier molecular flexibility index (Phi) is 3.11. The Hall–Kier alpha value is -0.820. The van der Waals surface area contributed by atoms with Gasteiger partial charge in [-0.25, -0.2) is 0 Å². The number of nitrogens with two attached hydrogens (primary N) is 1. The van der Waals surface area contributed by atoms with Crippen LogP contribution in [0.15, 0.2) is 18.2 Å². The van der Waals surface area contributed by atoms with Crippen molar-refractivity contribution in [3.8, 4) is 0 Å². The molecule has 0 spiro atoms. The molecule has 0 saturated carbocycles. The molecule has 15 heavy (non-hydrogen) atoms. The Morgan fingerprint density at radius 2 is 2.27 bits per heavy atom. The van der Waals surface area contributed by atoms with Crippen LogP contribution < -0.4 is 5.73 Å². The summed E-state index contributed by atoms with van der Waals surface area (Å²) in [7, 11) is 0. The zero-order chi connectivity index (χ0) is 10.8.